The summed E-state index contributed by atoms with van der Waals surface area (Å²) in [5.41, 5.74) is 15.7. The minimum atomic E-state index is 0.0702. The van der Waals surface area contributed by atoms with Crippen LogP contribution >= 0.6 is 0 Å². The zero-order chi connectivity index (χ0) is 33.9. The first-order valence-corrected chi connectivity index (χ1v) is 17.7. The monoisotopic (exact) mass is 651 g/mol. The molecule has 0 unspecified atom stereocenters. The molecule has 2 aliphatic rings. The first-order valence-electron chi connectivity index (χ1n) is 17.7. The van der Waals surface area contributed by atoms with Gasteiger partial charge in [0, 0.05) is 50.9 Å². The van der Waals surface area contributed by atoms with E-state index < -0.39 is 0 Å². The van der Waals surface area contributed by atoms with Gasteiger partial charge < -0.3 is 14.7 Å². The Morgan fingerprint density at radius 3 is 1.82 bits per heavy atom. The number of anilines is 9. The highest BCUT2D eigenvalue weighted by atomic mass is 15.2. The molecule has 240 valence electrons. The van der Waals surface area contributed by atoms with Gasteiger partial charge in [0.1, 0.15) is 0 Å². The Balaban J connectivity index is 1.25. The van der Waals surface area contributed by atoms with Gasteiger partial charge in [0.15, 0.2) is 0 Å². The van der Waals surface area contributed by atoms with Crippen molar-refractivity contribution in [3.63, 3.8) is 0 Å². The SMILES string of the molecule is Cc1ccc(N2c3cc(N(c4ccccc4)c4cccc5ccccc45)ccc3B3c4ccccc4N(c4ccccc4)c4cccc2c43)cc1. The van der Waals surface area contributed by atoms with Gasteiger partial charge in [-0.05, 0) is 101 Å². The van der Waals surface area contributed by atoms with E-state index in [1.165, 1.54) is 55.5 Å². The molecule has 0 saturated heterocycles. The van der Waals surface area contributed by atoms with Crippen molar-refractivity contribution < 1.29 is 0 Å². The maximum absolute atomic E-state index is 2.48. The van der Waals surface area contributed by atoms with E-state index in [0.717, 1.165) is 28.4 Å². The number of benzene rings is 8. The molecule has 4 heteroatoms. The number of para-hydroxylation sites is 3. The number of aryl methyl sites for hydroxylation is 1. The second-order valence-corrected chi connectivity index (χ2v) is 13.5. The Labute approximate surface area is 299 Å². The van der Waals surface area contributed by atoms with Gasteiger partial charge in [-0.3, -0.25) is 0 Å². The first kappa shape index (κ1) is 29.4. The molecule has 0 spiro atoms. The van der Waals surface area contributed by atoms with Crippen molar-refractivity contribution in [2.75, 3.05) is 14.7 Å². The lowest BCUT2D eigenvalue weighted by Crippen LogP contribution is -2.61. The van der Waals surface area contributed by atoms with Gasteiger partial charge in [-0.15, -0.1) is 0 Å². The fraction of sp³-hybridized carbons (Fsp3) is 0.0213. The molecule has 0 bridgehead atoms. The predicted molar refractivity (Wildman–Crippen MR) is 217 cm³/mol. The van der Waals surface area contributed by atoms with E-state index in [-0.39, 0.29) is 6.71 Å². The minimum absolute atomic E-state index is 0.0702. The Morgan fingerprint density at radius 2 is 1.02 bits per heavy atom. The molecule has 8 aromatic rings. The van der Waals surface area contributed by atoms with Crippen LogP contribution in [0.15, 0.2) is 188 Å². The van der Waals surface area contributed by atoms with Crippen LogP contribution in [0.3, 0.4) is 0 Å². The van der Waals surface area contributed by atoms with E-state index in [0.29, 0.717) is 0 Å². The average molecular weight is 652 g/mol. The summed E-state index contributed by atoms with van der Waals surface area (Å²) in [5.74, 6) is 0. The highest BCUT2D eigenvalue weighted by Crippen LogP contribution is 2.46. The van der Waals surface area contributed by atoms with Crippen molar-refractivity contribution in [2.45, 2.75) is 6.92 Å². The van der Waals surface area contributed by atoms with Crippen LogP contribution in [-0.4, -0.2) is 6.71 Å². The molecule has 51 heavy (non-hydrogen) atoms. The van der Waals surface area contributed by atoms with Crippen molar-refractivity contribution in [3.05, 3.63) is 194 Å². The molecule has 8 aromatic carbocycles. The van der Waals surface area contributed by atoms with Gasteiger partial charge in [-0.2, -0.15) is 0 Å². The Bertz CT molecular complexity index is 2560. The second kappa shape index (κ2) is 11.8. The molecule has 0 fully saturated rings. The lowest BCUT2D eigenvalue weighted by molar-refractivity contribution is 1.24. The number of fused-ring (bicyclic) bond motifs is 5. The van der Waals surface area contributed by atoms with Gasteiger partial charge >= 0.3 is 0 Å². The Kier molecular flexibility index (Phi) is 6.82. The van der Waals surface area contributed by atoms with Gasteiger partial charge in [0.05, 0.1) is 5.69 Å². The van der Waals surface area contributed by atoms with E-state index in [9.17, 15) is 0 Å². The van der Waals surface area contributed by atoms with E-state index >= 15 is 0 Å². The zero-order valence-corrected chi connectivity index (χ0v) is 28.3. The maximum atomic E-state index is 2.48. The molecule has 0 radical (unpaired) electrons. The van der Waals surface area contributed by atoms with E-state index in [1.54, 1.807) is 0 Å². The summed E-state index contributed by atoms with van der Waals surface area (Å²) >= 11 is 0. The van der Waals surface area contributed by atoms with E-state index in [2.05, 4.69) is 210 Å². The van der Waals surface area contributed by atoms with Gasteiger partial charge in [0.25, 0.3) is 6.71 Å². The molecule has 0 atom stereocenters. The summed E-state index contributed by atoms with van der Waals surface area (Å²) in [6.45, 7) is 2.23. The van der Waals surface area contributed by atoms with Crippen LogP contribution in [0.2, 0.25) is 0 Å². The predicted octanol–water partition coefficient (Wildman–Crippen LogP) is 10.7. The largest absolute Gasteiger partial charge is 0.311 e. The fourth-order valence-corrected chi connectivity index (χ4v) is 8.24. The average Bonchev–Trinajstić information content (AvgIpc) is 3.19. The first-order chi connectivity index (χ1) is 25.2. The second-order valence-electron chi connectivity index (χ2n) is 13.5. The molecule has 2 aliphatic heterocycles. The van der Waals surface area contributed by atoms with E-state index in [1.807, 2.05) is 0 Å². The number of hydrogen-bond donors (Lipinski definition) is 0. The van der Waals surface area contributed by atoms with Gasteiger partial charge in [0.2, 0.25) is 0 Å². The Hall–Kier alpha value is -6.52. The highest BCUT2D eigenvalue weighted by molar-refractivity contribution is 7.00. The van der Waals surface area contributed by atoms with Crippen molar-refractivity contribution in [2.24, 2.45) is 0 Å². The maximum Gasteiger partial charge on any atom is 0.252 e. The molecular weight excluding hydrogens is 617 g/mol. The standard InChI is InChI=1S/C47H34BN3/c1-33-26-28-37(29-27-33)51-45-25-13-24-44-47(45)48(40-21-10-11-22-43(40)50(44)36-18-6-3-7-19-36)41-31-30-38(32-46(41)51)49(35-16-4-2-5-17-35)42-23-12-15-34-14-8-9-20-39(34)42/h2-32H,1H3. The molecule has 0 aliphatic carbocycles. The highest BCUT2D eigenvalue weighted by Gasteiger charge is 2.43. The molecule has 0 N–H and O–H groups in total. The van der Waals surface area contributed by atoms with Crippen LogP contribution in [0.25, 0.3) is 10.8 Å². The van der Waals surface area contributed by atoms with Crippen LogP contribution in [-0.2, 0) is 0 Å². The normalized spacial score (nSPS) is 12.7. The van der Waals surface area contributed by atoms with E-state index in [4.69, 9.17) is 0 Å². The van der Waals surface area contributed by atoms with Gasteiger partial charge in [-0.1, -0.05) is 121 Å². The molecule has 0 saturated carbocycles. The van der Waals surface area contributed by atoms with Crippen molar-refractivity contribution >= 4 is 85.1 Å². The summed E-state index contributed by atoms with van der Waals surface area (Å²) in [6, 6.07) is 68.6. The summed E-state index contributed by atoms with van der Waals surface area (Å²) in [5, 5.41) is 2.44. The van der Waals surface area contributed by atoms with Crippen molar-refractivity contribution in [1.29, 1.82) is 0 Å². The van der Waals surface area contributed by atoms with Crippen LogP contribution in [0.5, 0.6) is 0 Å². The summed E-state index contributed by atoms with van der Waals surface area (Å²) in [6.07, 6.45) is 0. The van der Waals surface area contributed by atoms with Gasteiger partial charge in [-0.25, -0.2) is 0 Å². The molecule has 0 amide bonds. The molecule has 0 aromatic heterocycles. The Morgan fingerprint density at radius 1 is 0.431 bits per heavy atom. The quantitative estimate of drug-likeness (QED) is 0.172. The zero-order valence-electron chi connectivity index (χ0n) is 28.3. The summed E-state index contributed by atoms with van der Waals surface area (Å²) in [7, 11) is 0. The van der Waals surface area contributed by atoms with Crippen LogP contribution < -0.4 is 31.1 Å². The van der Waals surface area contributed by atoms with Crippen LogP contribution in [0.4, 0.5) is 51.2 Å². The molecule has 10 rings (SSSR count). The van der Waals surface area contributed by atoms with Crippen molar-refractivity contribution in [3.8, 4) is 0 Å². The number of nitrogens with zero attached hydrogens (tertiary/aromatic N) is 3. The third-order valence-electron chi connectivity index (χ3n) is 10.5. The fourth-order valence-electron chi connectivity index (χ4n) is 8.24. The molecule has 3 nitrogen and oxygen atoms in total. The molecule has 2 heterocycles. The topological polar surface area (TPSA) is 9.72 Å². The third-order valence-corrected chi connectivity index (χ3v) is 10.5. The summed E-state index contributed by atoms with van der Waals surface area (Å²) in [4.78, 5) is 7.33. The number of rotatable bonds is 5. The van der Waals surface area contributed by atoms with Crippen molar-refractivity contribution in [1.82, 2.24) is 0 Å². The number of hydrogen-bond acceptors (Lipinski definition) is 3. The molecular formula is C47H34BN3. The lowest BCUT2D eigenvalue weighted by Gasteiger charge is -2.44. The smallest absolute Gasteiger partial charge is 0.252 e. The van der Waals surface area contributed by atoms with Crippen LogP contribution in [0.1, 0.15) is 5.56 Å². The third kappa shape index (κ3) is 4.68. The lowest BCUT2D eigenvalue weighted by atomic mass is 9.33. The van der Waals surface area contributed by atoms with Crippen LogP contribution in [0, 0.1) is 6.92 Å². The summed E-state index contributed by atoms with van der Waals surface area (Å²) < 4.78 is 0. The minimum Gasteiger partial charge on any atom is -0.311 e.